The zero-order valence-electron chi connectivity index (χ0n) is 15.5. The normalized spacial score (nSPS) is 15.5. The molecule has 0 aromatic heterocycles. The summed E-state index contributed by atoms with van der Waals surface area (Å²) >= 11 is 0. The van der Waals surface area contributed by atoms with Crippen molar-refractivity contribution in [2.45, 2.75) is 4.90 Å². The van der Waals surface area contributed by atoms with Gasteiger partial charge in [0, 0.05) is 24.9 Å². The zero-order chi connectivity index (χ0) is 20.0. The highest BCUT2D eigenvalue weighted by Gasteiger charge is 2.29. The first kappa shape index (κ1) is 20.1. The maximum atomic E-state index is 13.0. The number of nitrogens with zero attached hydrogens (tertiary/aromatic N) is 1. The minimum absolute atomic E-state index is 0.0718. The summed E-state index contributed by atoms with van der Waals surface area (Å²) in [6, 6.07) is 13.9. The number of amides is 1. The molecule has 0 radical (unpaired) electrons. The summed E-state index contributed by atoms with van der Waals surface area (Å²) < 4.78 is 37.8. The molecule has 1 aliphatic rings. The van der Waals surface area contributed by atoms with Crippen molar-refractivity contribution in [3.63, 3.8) is 0 Å². The predicted molar refractivity (Wildman–Crippen MR) is 107 cm³/mol. The van der Waals surface area contributed by atoms with Crippen LogP contribution < -0.4 is 10.1 Å². The van der Waals surface area contributed by atoms with Gasteiger partial charge >= 0.3 is 0 Å². The Labute approximate surface area is 164 Å². The minimum Gasteiger partial charge on any atom is -0.495 e. The van der Waals surface area contributed by atoms with Crippen molar-refractivity contribution in [3.8, 4) is 5.75 Å². The summed E-state index contributed by atoms with van der Waals surface area (Å²) in [5.74, 6) is -0.0445. The summed E-state index contributed by atoms with van der Waals surface area (Å²) in [7, 11) is -2.29. The molecule has 1 saturated heterocycles. The van der Waals surface area contributed by atoms with Gasteiger partial charge in [-0.1, -0.05) is 24.3 Å². The molecule has 148 valence electrons. The summed E-state index contributed by atoms with van der Waals surface area (Å²) in [6.07, 6.45) is 2.93. The number of carbonyl (C=O) groups is 1. The van der Waals surface area contributed by atoms with Crippen molar-refractivity contribution in [1.82, 2.24) is 4.31 Å². The van der Waals surface area contributed by atoms with Gasteiger partial charge in [-0.25, -0.2) is 8.42 Å². The van der Waals surface area contributed by atoms with Gasteiger partial charge in [0.05, 0.1) is 20.3 Å². The van der Waals surface area contributed by atoms with E-state index in [0.717, 1.165) is 0 Å². The molecular formula is C20H22N2O5S. The molecular weight excluding hydrogens is 380 g/mol. The average Bonchev–Trinajstić information content (AvgIpc) is 2.73. The Balaban J connectivity index is 1.81. The fourth-order valence-corrected chi connectivity index (χ4v) is 4.40. The van der Waals surface area contributed by atoms with Gasteiger partial charge in [0.2, 0.25) is 15.9 Å². The number of hydrogen-bond acceptors (Lipinski definition) is 5. The largest absolute Gasteiger partial charge is 0.495 e. The molecule has 0 bridgehead atoms. The van der Waals surface area contributed by atoms with Crippen LogP contribution >= 0.6 is 0 Å². The highest BCUT2D eigenvalue weighted by molar-refractivity contribution is 7.89. The van der Waals surface area contributed by atoms with Crippen LogP contribution in [0.3, 0.4) is 0 Å². The molecule has 1 amide bonds. The van der Waals surface area contributed by atoms with Crippen molar-refractivity contribution < 1.29 is 22.7 Å². The third-order valence-corrected chi connectivity index (χ3v) is 6.16. The molecule has 0 spiro atoms. The van der Waals surface area contributed by atoms with Crippen LogP contribution in [0.1, 0.15) is 5.56 Å². The third kappa shape index (κ3) is 4.78. The van der Waals surface area contributed by atoms with Gasteiger partial charge in [-0.05, 0) is 35.9 Å². The first-order chi connectivity index (χ1) is 13.5. The van der Waals surface area contributed by atoms with Crippen LogP contribution in [-0.4, -0.2) is 52.0 Å². The highest BCUT2D eigenvalue weighted by atomic mass is 32.2. The number of para-hydroxylation sites is 1. The van der Waals surface area contributed by atoms with E-state index in [9.17, 15) is 13.2 Å². The van der Waals surface area contributed by atoms with E-state index in [1.54, 1.807) is 30.3 Å². The molecule has 3 rings (SSSR count). The molecule has 1 heterocycles. The Hall–Kier alpha value is -2.68. The highest BCUT2D eigenvalue weighted by Crippen LogP contribution is 2.28. The molecule has 0 aliphatic carbocycles. The van der Waals surface area contributed by atoms with Gasteiger partial charge in [0.25, 0.3) is 0 Å². The maximum absolute atomic E-state index is 13.0. The van der Waals surface area contributed by atoms with Gasteiger partial charge in [0.15, 0.2) is 0 Å². The number of benzene rings is 2. The Morgan fingerprint density at radius 1 is 1.14 bits per heavy atom. The van der Waals surface area contributed by atoms with E-state index < -0.39 is 10.0 Å². The molecule has 2 aromatic rings. The van der Waals surface area contributed by atoms with Crippen molar-refractivity contribution in [2.24, 2.45) is 0 Å². The predicted octanol–water partition coefficient (Wildman–Crippen LogP) is 2.37. The lowest BCUT2D eigenvalue weighted by molar-refractivity contribution is -0.111. The fourth-order valence-electron chi connectivity index (χ4n) is 2.80. The number of sulfonamides is 1. The molecule has 0 unspecified atom stereocenters. The quantitative estimate of drug-likeness (QED) is 0.750. The number of rotatable bonds is 6. The van der Waals surface area contributed by atoms with Crippen LogP contribution in [0.2, 0.25) is 0 Å². The van der Waals surface area contributed by atoms with Crippen molar-refractivity contribution in [3.05, 3.63) is 60.2 Å². The van der Waals surface area contributed by atoms with E-state index in [2.05, 4.69) is 5.32 Å². The lowest BCUT2D eigenvalue weighted by Crippen LogP contribution is -2.40. The van der Waals surface area contributed by atoms with Gasteiger partial charge in [-0.15, -0.1) is 0 Å². The molecule has 1 fully saturated rings. The molecule has 2 aromatic carbocycles. The van der Waals surface area contributed by atoms with Crippen molar-refractivity contribution >= 4 is 27.7 Å². The molecule has 8 heteroatoms. The summed E-state index contributed by atoms with van der Waals surface area (Å²) in [5, 5.41) is 2.74. The summed E-state index contributed by atoms with van der Waals surface area (Å²) in [5.41, 5.74) is 1.26. The van der Waals surface area contributed by atoms with Crippen molar-refractivity contribution in [2.75, 3.05) is 38.7 Å². The fraction of sp³-hybridized carbons (Fsp3) is 0.250. The molecule has 0 atom stereocenters. The van der Waals surface area contributed by atoms with Crippen LogP contribution in [0.5, 0.6) is 5.75 Å². The molecule has 28 heavy (non-hydrogen) atoms. The van der Waals surface area contributed by atoms with Crippen LogP contribution in [0.15, 0.2) is 59.5 Å². The van der Waals surface area contributed by atoms with Crippen LogP contribution in [-0.2, 0) is 19.6 Å². The van der Waals surface area contributed by atoms with Gasteiger partial charge in [-0.2, -0.15) is 4.31 Å². The SMILES string of the molecule is COc1ccc(C=CC(=O)Nc2ccccc2)cc1S(=O)(=O)N1CCOCC1. The van der Waals surface area contributed by atoms with Crippen molar-refractivity contribution in [1.29, 1.82) is 0 Å². The monoisotopic (exact) mass is 402 g/mol. The topological polar surface area (TPSA) is 84.9 Å². The average molecular weight is 402 g/mol. The van der Waals surface area contributed by atoms with Crippen LogP contribution in [0.25, 0.3) is 6.08 Å². The van der Waals surface area contributed by atoms with E-state index in [-0.39, 0.29) is 16.6 Å². The Morgan fingerprint density at radius 2 is 1.86 bits per heavy atom. The number of methoxy groups -OCH3 is 1. The van der Waals surface area contributed by atoms with Crippen LogP contribution in [0, 0.1) is 0 Å². The van der Waals surface area contributed by atoms with E-state index >= 15 is 0 Å². The number of nitrogens with one attached hydrogen (secondary N) is 1. The second-order valence-electron chi connectivity index (χ2n) is 6.12. The standard InChI is InChI=1S/C20H22N2O5S/c1-26-18-9-7-16(8-10-20(23)21-17-5-3-2-4-6-17)15-19(18)28(24,25)22-11-13-27-14-12-22/h2-10,15H,11-14H2,1H3,(H,21,23). The Morgan fingerprint density at radius 3 is 2.54 bits per heavy atom. The maximum Gasteiger partial charge on any atom is 0.248 e. The van der Waals surface area contributed by atoms with Crippen LogP contribution in [0.4, 0.5) is 5.69 Å². The van der Waals surface area contributed by atoms with Gasteiger partial charge in [-0.3, -0.25) is 4.79 Å². The Bertz CT molecular complexity index is 952. The number of hydrogen-bond donors (Lipinski definition) is 1. The minimum atomic E-state index is -3.72. The first-order valence-corrected chi connectivity index (χ1v) is 10.2. The molecule has 1 aliphatic heterocycles. The lowest BCUT2D eigenvalue weighted by atomic mass is 10.2. The molecule has 7 nitrogen and oxygen atoms in total. The van der Waals surface area contributed by atoms with E-state index in [1.165, 1.54) is 23.6 Å². The second kappa shape index (κ2) is 9.01. The smallest absolute Gasteiger partial charge is 0.248 e. The summed E-state index contributed by atoms with van der Waals surface area (Å²) in [4.78, 5) is 12.1. The van der Waals surface area contributed by atoms with Gasteiger partial charge < -0.3 is 14.8 Å². The summed E-state index contributed by atoms with van der Waals surface area (Å²) in [6.45, 7) is 1.32. The van der Waals surface area contributed by atoms with E-state index in [1.807, 2.05) is 18.2 Å². The van der Waals surface area contributed by atoms with Gasteiger partial charge in [0.1, 0.15) is 10.6 Å². The van der Waals surface area contributed by atoms with E-state index in [4.69, 9.17) is 9.47 Å². The number of morpholine rings is 1. The number of ether oxygens (including phenoxy) is 2. The van der Waals surface area contributed by atoms with E-state index in [0.29, 0.717) is 37.6 Å². The second-order valence-corrected chi connectivity index (χ2v) is 8.02. The number of carbonyl (C=O) groups excluding carboxylic acids is 1. The number of anilines is 1. The first-order valence-electron chi connectivity index (χ1n) is 8.81. The Kier molecular flexibility index (Phi) is 6.45. The lowest BCUT2D eigenvalue weighted by Gasteiger charge is -2.26. The molecule has 0 saturated carbocycles. The molecule has 1 N–H and O–H groups in total. The zero-order valence-corrected chi connectivity index (χ0v) is 16.3. The third-order valence-electron chi connectivity index (χ3n) is 4.24.